The van der Waals surface area contributed by atoms with E-state index in [1.165, 1.54) is 10.4 Å². The molecule has 7 nitrogen and oxygen atoms in total. The first-order valence-corrected chi connectivity index (χ1v) is 11.0. The van der Waals surface area contributed by atoms with E-state index in [4.69, 9.17) is 0 Å². The first kappa shape index (κ1) is 20.5. The highest BCUT2D eigenvalue weighted by atomic mass is 32.2. The van der Waals surface area contributed by atoms with Crippen LogP contribution in [0.1, 0.15) is 47.1 Å². The molecule has 152 valence electrons. The third kappa shape index (κ3) is 3.98. The number of aryl methyl sites for hydroxylation is 1. The first-order chi connectivity index (χ1) is 13.2. The Labute approximate surface area is 166 Å². The minimum absolute atomic E-state index is 0.215. The van der Waals surface area contributed by atoms with Crippen molar-refractivity contribution in [2.24, 2.45) is 13.0 Å². The van der Waals surface area contributed by atoms with Gasteiger partial charge in [-0.05, 0) is 55.9 Å². The predicted octanol–water partition coefficient (Wildman–Crippen LogP) is 2.39. The van der Waals surface area contributed by atoms with Crippen LogP contribution in [0.4, 0.5) is 0 Å². The number of hydrogen-bond acceptors (Lipinski definition) is 4. The summed E-state index contributed by atoms with van der Waals surface area (Å²) in [7, 11) is -1.88. The average Bonchev–Trinajstić information content (AvgIpc) is 2.97. The number of sulfonamides is 1. The molecular formula is C20H28N4O3S. The molecule has 2 aromatic rings. The SMILES string of the molecule is Cc1ccncc1CNC(=O)c1cc(S(=O)(=O)N2CCC(C)CC2)c(C)n1C. The van der Waals surface area contributed by atoms with Gasteiger partial charge in [0.2, 0.25) is 10.0 Å². The van der Waals surface area contributed by atoms with Crippen LogP contribution in [0, 0.1) is 19.8 Å². The molecule has 28 heavy (non-hydrogen) atoms. The van der Waals surface area contributed by atoms with Crippen molar-refractivity contribution in [1.82, 2.24) is 19.2 Å². The molecular weight excluding hydrogens is 376 g/mol. The molecule has 1 amide bonds. The van der Waals surface area contributed by atoms with E-state index in [9.17, 15) is 13.2 Å². The van der Waals surface area contributed by atoms with Crippen LogP contribution in [-0.2, 0) is 23.6 Å². The molecule has 0 bridgehead atoms. The Morgan fingerprint density at radius 3 is 2.61 bits per heavy atom. The van der Waals surface area contributed by atoms with Gasteiger partial charge in [0.1, 0.15) is 10.6 Å². The van der Waals surface area contributed by atoms with Crippen LogP contribution in [0.15, 0.2) is 29.4 Å². The lowest BCUT2D eigenvalue weighted by Gasteiger charge is -2.29. The van der Waals surface area contributed by atoms with E-state index in [1.807, 2.05) is 13.0 Å². The lowest BCUT2D eigenvalue weighted by Crippen LogP contribution is -2.38. The van der Waals surface area contributed by atoms with Crippen molar-refractivity contribution in [3.63, 3.8) is 0 Å². The van der Waals surface area contributed by atoms with Gasteiger partial charge in [-0.25, -0.2) is 8.42 Å². The number of amides is 1. The Morgan fingerprint density at radius 2 is 1.96 bits per heavy atom. The molecule has 3 heterocycles. The van der Waals surface area contributed by atoms with Crippen molar-refractivity contribution in [2.45, 2.75) is 45.1 Å². The van der Waals surface area contributed by atoms with E-state index in [0.717, 1.165) is 24.0 Å². The minimum Gasteiger partial charge on any atom is -0.347 e. The summed E-state index contributed by atoms with van der Waals surface area (Å²) in [6.07, 6.45) is 5.16. The van der Waals surface area contributed by atoms with Gasteiger partial charge < -0.3 is 9.88 Å². The lowest BCUT2D eigenvalue weighted by molar-refractivity contribution is 0.0942. The molecule has 0 aliphatic carbocycles. The number of carbonyl (C=O) groups is 1. The molecule has 1 aliphatic rings. The van der Waals surface area contributed by atoms with E-state index in [1.54, 1.807) is 30.9 Å². The summed E-state index contributed by atoms with van der Waals surface area (Å²) in [6.45, 7) is 7.24. The Hall–Kier alpha value is -2.19. The molecule has 1 saturated heterocycles. The summed E-state index contributed by atoms with van der Waals surface area (Å²) in [4.78, 5) is 17.0. The Morgan fingerprint density at radius 1 is 1.29 bits per heavy atom. The second-order valence-electron chi connectivity index (χ2n) is 7.61. The normalized spacial score (nSPS) is 16.3. The number of nitrogens with zero attached hydrogens (tertiary/aromatic N) is 3. The largest absolute Gasteiger partial charge is 0.347 e. The fourth-order valence-corrected chi connectivity index (χ4v) is 5.20. The smallest absolute Gasteiger partial charge is 0.268 e. The van der Waals surface area contributed by atoms with Crippen LogP contribution in [-0.4, -0.2) is 41.3 Å². The predicted molar refractivity (Wildman–Crippen MR) is 107 cm³/mol. The first-order valence-electron chi connectivity index (χ1n) is 9.56. The van der Waals surface area contributed by atoms with Gasteiger partial charge in [-0.1, -0.05) is 6.92 Å². The lowest BCUT2D eigenvalue weighted by atomic mass is 10.0. The monoisotopic (exact) mass is 404 g/mol. The highest BCUT2D eigenvalue weighted by molar-refractivity contribution is 7.89. The van der Waals surface area contributed by atoms with E-state index in [-0.39, 0.29) is 10.8 Å². The van der Waals surface area contributed by atoms with Crippen molar-refractivity contribution < 1.29 is 13.2 Å². The molecule has 0 unspecified atom stereocenters. The van der Waals surface area contributed by atoms with Crippen LogP contribution in [0.2, 0.25) is 0 Å². The molecule has 1 N–H and O–H groups in total. The number of carbonyl (C=O) groups excluding carboxylic acids is 1. The number of rotatable bonds is 5. The maximum atomic E-state index is 13.1. The van der Waals surface area contributed by atoms with E-state index in [2.05, 4.69) is 17.2 Å². The topological polar surface area (TPSA) is 84.3 Å². The van der Waals surface area contributed by atoms with Gasteiger partial charge in [0.25, 0.3) is 5.91 Å². The zero-order valence-corrected chi connectivity index (χ0v) is 17.7. The molecule has 0 spiro atoms. The maximum Gasteiger partial charge on any atom is 0.268 e. The van der Waals surface area contributed by atoms with Gasteiger partial charge in [-0.2, -0.15) is 4.31 Å². The quantitative estimate of drug-likeness (QED) is 0.829. The van der Waals surface area contributed by atoms with Crippen LogP contribution in [0.3, 0.4) is 0 Å². The third-order valence-corrected chi connectivity index (χ3v) is 7.68. The number of hydrogen-bond donors (Lipinski definition) is 1. The third-order valence-electron chi connectivity index (χ3n) is 5.67. The second-order valence-corrected chi connectivity index (χ2v) is 9.52. The molecule has 1 fully saturated rings. The van der Waals surface area contributed by atoms with Crippen LogP contribution in [0.25, 0.3) is 0 Å². The van der Waals surface area contributed by atoms with Crippen molar-refractivity contribution in [1.29, 1.82) is 0 Å². The molecule has 0 aromatic carbocycles. The van der Waals surface area contributed by atoms with E-state index < -0.39 is 10.0 Å². The van der Waals surface area contributed by atoms with Crippen LogP contribution < -0.4 is 5.32 Å². The van der Waals surface area contributed by atoms with Gasteiger partial charge in [-0.3, -0.25) is 9.78 Å². The Balaban J connectivity index is 1.80. The summed E-state index contributed by atoms with van der Waals surface area (Å²) in [6, 6.07) is 3.38. The van der Waals surface area contributed by atoms with Crippen molar-refractivity contribution >= 4 is 15.9 Å². The maximum absolute atomic E-state index is 13.1. The number of aromatic nitrogens is 2. The highest BCUT2D eigenvalue weighted by Crippen LogP contribution is 2.27. The van der Waals surface area contributed by atoms with E-state index >= 15 is 0 Å². The highest BCUT2D eigenvalue weighted by Gasteiger charge is 2.32. The number of piperidine rings is 1. The van der Waals surface area contributed by atoms with Crippen molar-refractivity contribution in [3.8, 4) is 0 Å². The fourth-order valence-electron chi connectivity index (χ4n) is 3.46. The van der Waals surface area contributed by atoms with Gasteiger partial charge in [0.05, 0.1) is 0 Å². The summed E-state index contributed by atoms with van der Waals surface area (Å²) in [5, 5.41) is 2.87. The Bertz CT molecular complexity index is 973. The average molecular weight is 405 g/mol. The molecule has 0 atom stereocenters. The fraction of sp³-hybridized carbons (Fsp3) is 0.500. The van der Waals surface area contributed by atoms with Crippen molar-refractivity contribution in [2.75, 3.05) is 13.1 Å². The molecule has 8 heteroatoms. The second kappa shape index (κ2) is 8.05. The van der Waals surface area contributed by atoms with Gasteiger partial charge >= 0.3 is 0 Å². The standard InChI is InChI=1S/C20H28N4O3S/c1-14-6-9-24(10-7-14)28(26,27)19-11-18(23(4)16(19)3)20(25)22-13-17-12-21-8-5-15(17)2/h5,8,11-12,14H,6-7,9-10,13H2,1-4H3,(H,22,25). The number of nitrogens with one attached hydrogen (secondary N) is 1. The Kier molecular flexibility index (Phi) is 5.90. The molecule has 1 aliphatic heterocycles. The summed E-state index contributed by atoms with van der Waals surface area (Å²) >= 11 is 0. The minimum atomic E-state index is -3.60. The van der Waals surface area contributed by atoms with E-state index in [0.29, 0.717) is 36.9 Å². The molecule has 0 saturated carbocycles. The van der Waals surface area contributed by atoms with Crippen LogP contribution in [0.5, 0.6) is 0 Å². The molecule has 3 rings (SSSR count). The number of pyridine rings is 1. The summed E-state index contributed by atoms with van der Waals surface area (Å²) in [5.74, 6) is 0.239. The zero-order chi connectivity index (χ0) is 20.5. The van der Waals surface area contributed by atoms with Gasteiger partial charge in [0.15, 0.2) is 0 Å². The van der Waals surface area contributed by atoms with Crippen molar-refractivity contribution in [3.05, 3.63) is 47.0 Å². The summed E-state index contributed by atoms with van der Waals surface area (Å²) in [5.41, 5.74) is 2.88. The van der Waals surface area contributed by atoms with Gasteiger partial charge in [-0.15, -0.1) is 0 Å². The molecule has 0 radical (unpaired) electrons. The zero-order valence-electron chi connectivity index (χ0n) is 16.9. The van der Waals surface area contributed by atoms with Crippen LogP contribution >= 0.6 is 0 Å². The summed E-state index contributed by atoms with van der Waals surface area (Å²) < 4.78 is 29.4. The molecule has 2 aromatic heterocycles. The van der Waals surface area contributed by atoms with Gasteiger partial charge in [0, 0.05) is 44.8 Å².